The van der Waals surface area contributed by atoms with Gasteiger partial charge in [-0.2, -0.15) is 0 Å². The number of carbonyl (C=O) groups is 1. The van der Waals surface area contributed by atoms with E-state index in [9.17, 15) is 9.90 Å². The van der Waals surface area contributed by atoms with E-state index in [0.717, 1.165) is 0 Å². The van der Waals surface area contributed by atoms with Gasteiger partial charge in [-0.25, -0.2) is 4.79 Å². The lowest BCUT2D eigenvalue weighted by atomic mass is 9.88. The summed E-state index contributed by atoms with van der Waals surface area (Å²) in [6.45, 7) is 6.84. The van der Waals surface area contributed by atoms with Crippen molar-refractivity contribution in [3.8, 4) is 0 Å². The van der Waals surface area contributed by atoms with Crippen molar-refractivity contribution < 1.29 is 14.6 Å². The van der Waals surface area contributed by atoms with E-state index >= 15 is 0 Å². The van der Waals surface area contributed by atoms with Crippen LogP contribution < -0.4 is 0 Å². The third-order valence-corrected chi connectivity index (χ3v) is 2.94. The number of aliphatic hydroxyl groups excluding tert-OH is 1. The maximum absolute atomic E-state index is 11.3. The molecule has 13 heavy (non-hydrogen) atoms. The molecule has 0 saturated carbocycles. The van der Waals surface area contributed by atoms with Gasteiger partial charge in [-0.15, -0.1) is 0 Å². The second-order valence-corrected chi connectivity index (χ2v) is 3.94. The van der Waals surface area contributed by atoms with Crippen LogP contribution in [-0.4, -0.2) is 41.4 Å². The highest BCUT2D eigenvalue weighted by atomic mass is 16.6. The Morgan fingerprint density at radius 3 is 2.62 bits per heavy atom. The SMILES string of the molecule is CC(C)C(C)(CO)N1CCOC1=O. The van der Waals surface area contributed by atoms with E-state index in [0.29, 0.717) is 13.2 Å². The molecule has 1 aliphatic heterocycles. The van der Waals surface area contributed by atoms with Crippen molar-refractivity contribution >= 4 is 6.09 Å². The van der Waals surface area contributed by atoms with E-state index in [1.54, 1.807) is 4.90 Å². The molecule has 0 aromatic rings. The molecule has 4 heteroatoms. The molecular weight excluding hydrogens is 170 g/mol. The second kappa shape index (κ2) is 3.54. The van der Waals surface area contributed by atoms with Gasteiger partial charge in [-0.1, -0.05) is 13.8 Å². The Kier molecular flexibility index (Phi) is 2.81. The monoisotopic (exact) mass is 187 g/mol. The fourth-order valence-corrected chi connectivity index (χ4v) is 1.44. The highest BCUT2D eigenvalue weighted by Crippen LogP contribution is 2.26. The van der Waals surface area contributed by atoms with Crippen LogP contribution in [0.1, 0.15) is 20.8 Å². The Labute approximate surface area is 78.5 Å². The van der Waals surface area contributed by atoms with Crippen molar-refractivity contribution in [2.75, 3.05) is 19.8 Å². The van der Waals surface area contributed by atoms with Crippen LogP contribution in [0.3, 0.4) is 0 Å². The topological polar surface area (TPSA) is 49.8 Å². The molecule has 0 radical (unpaired) electrons. The molecule has 0 aromatic carbocycles. The number of ether oxygens (including phenoxy) is 1. The van der Waals surface area contributed by atoms with Gasteiger partial charge in [0, 0.05) is 0 Å². The Bertz CT molecular complexity index is 205. The van der Waals surface area contributed by atoms with Crippen LogP contribution in [0.5, 0.6) is 0 Å². The lowest BCUT2D eigenvalue weighted by molar-refractivity contribution is 0.0405. The van der Waals surface area contributed by atoms with Gasteiger partial charge < -0.3 is 9.84 Å². The first-order valence-corrected chi connectivity index (χ1v) is 4.57. The normalized spacial score (nSPS) is 21.9. The predicted octanol–water partition coefficient (Wildman–Crippen LogP) is 0.846. The second-order valence-electron chi connectivity index (χ2n) is 3.94. The van der Waals surface area contributed by atoms with E-state index in [1.165, 1.54) is 0 Å². The van der Waals surface area contributed by atoms with Gasteiger partial charge in [0.15, 0.2) is 0 Å². The van der Waals surface area contributed by atoms with E-state index in [1.807, 2.05) is 20.8 Å². The summed E-state index contributed by atoms with van der Waals surface area (Å²) in [5.41, 5.74) is -0.492. The molecule has 1 aliphatic rings. The Morgan fingerprint density at radius 2 is 2.31 bits per heavy atom. The zero-order valence-electron chi connectivity index (χ0n) is 8.41. The van der Waals surface area contributed by atoms with E-state index in [2.05, 4.69) is 0 Å². The molecule has 76 valence electrons. The number of hydrogen-bond donors (Lipinski definition) is 1. The summed E-state index contributed by atoms with van der Waals surface area (Å²) in [4.78, 5) is 12.9. The first kappa shape index (κ1) is 10.3. The van der Waals surface area contributed by atoms with Crippen molar-refractivity contribution in [2.45, 2.75) is 26.3 Å². The van der Waals surface area contributed by atoms with Crippen LogP contribution in [0.15, 0.2) is 0 Å². The fourth-order valence-electron chi connectivity index (χ4n) is 1.44. The summed E-state index contributed by atoms with van der Waals surface area (Å²) in [6, 6.07) is 0. The van der Waals surface area contributed by atoms with Crippen molar-refractivity contribution in [2.24, 2.45) is 5.92 Å². The van der Waals surface area contributed by atoms with Gasteiger partial charge in [0.25, 0.3) is 0 Å². The largest absolute Gasteiger partial charge is 0.448 e. The van der Waals surface area contributed by atoms with E-state index < -0.39 is 5.54 Å². The number of rotatable bonds is 3. The first-order valence-electron chi connectivity index (χ1n) is 4.57. The molecule has 0 aromatic heterocycles. The highest BCUT2D eigenvalue weighted by Gasteiger charge is 2.41. The average molecular weight is 187 g/mol. The van der Waals surface area contributed by atoms with Crippen LogP contribution in [0.25, 0.3) is 0 Å². The molecule has 1 fully saturated rings. The van der Waals surface area contributed by atoms with Gasteiger partial charge in [-0.3, -0.25) is 4.90 Å². The van der Waals surface area contributed by atoms with Crippen LogP contribution >= 0.6 is 0 Å². The fraction of sp³-hybridized carbons (Fsp3) is 0.889. The molecule has 1 atom stereocenters. The van der Waals surface area contributed by atoms with Gasteiger partial charge in [0.2, 0.25) is 0 Å². The predicted molar refractivity (Wildman–Crippen MR) is 48.4 cm³/mol. The van der Waals surface area contributed by atoms with Gasteiger partial charge in [-0.05, 0) is 12.8 Å². The molecule has 1 amide bonds. The number of amides is 1. The number of nitrogens with zero attached hydrogens (tertiary/aromatic N) is 1. The lowest BCUT2D eigenvalue weighted by Gasteiger charge is -2.38. The molecular formula is C9H17NO3. The zero-order valence-corrected chi connectivity index (χ0v) is 8.41. The summed E-state index contributed by atoms with van der Waals surface area (Å²) in [5, 5.41) is 9.28. The third kappa shape index (κ3) is 1.63. The maximum atomic E-state index is 11.3. The van der Waals surface area contributed by atoms with Gasteiger partial charge in [0.05, 0.1) is 18.7 Å². The summed E-state index contributed by atoms with van der Waals surface area (Å²) < 4.78 is 4.84. The van der Waals surface area contributed by atoms with Crippen LogP contribution in [0.2, 0.25) is 0 Å². The number of carbonyl (C=O) groups excluding carboxylic acids is 1. The zero-order chi connectivity index (χ0) is 10.1. The van der Waals surface area contributed by atoms with Gasteiger partial charge in [0.1, 0.15) is 6.61 Å². The summed E-state index contributed by atoms with van der Waals surface area (Å²) in [5.74, 6) is 0.211. The minimum absolute atomic E-state index is 0.0280. The maximum Gasteiger partial charge on any atom is 0.410 e. The van der Waals surface area contributed by atoms with Crippen molar-refractivity contribution in [1.29, 1.82) is 0 Å². The molecule has 1 N–H and O–H groups in total. The molecule has 1 heterocycles. The van der Waals surface area contributed by atoms with E-state index in [4.69, 9.17) is 4.74 Å². The summed E-state index contributed by atoms with van der Waals surface area (Å²) in [6.07, 6.45) is -0.315. The van der Waals surface area contributed by atoms with Crippen LogP contribution in [0.4, 0.5) is 4.79 Å². The minimum atomic E-state index is -0.492. The van der Waals surface area contributed by atoms with Crippen molar-refractivity contribution in [3.63, 3.8) is 0 Å². The average Bonchev–Trinajstić information content (AvgIpc) is 2.50. The lowest BCUT2D eigenvalue weighted by Crippen LogP contribution is -2.53. The third-order valence-electron chi connectivity index (χ3n) is 2.94. The Hall–Kier alpha value is -0.770. The van der Waals surface area contributed by atoms with E-state index in [-0.39, 0.29) is 18.6 Å². The minimum Gasteiger partial charge on any atom is -0.448 e. The summed E-state index contributed by atoms with van der Waals surface area (Å²) >= 11 is 0. The number of hydrogen-bond acceptors (Lipinski definition) is 3. The Morgan fingerprint density at radius 1 is 1.69 bits per heavy atom. The highest BCUT2D eigenvalue weighted by molar-refractivity contribution is 5.70. The first-order chi connectivity index (χ1) is 6.02. The van der Waals surface area contributed by atoms with Crippen LogP contribution in [0, 0.1) is 5.92 Å². The molecule has 1 saturated heterocycles. The van der Waals surface area contributed by atoms with Gasteiger partial charge >= 0.3 is 6.09 Å². The van der Waals surface area contributed by atoms with Crippen molar-refractivity contribution in [1.82, 2.24) is 4.90 Å². The molecule has 1 rings (SSSR count). The molecule has 4 nitrogen and oxygen atoms in total. The van der Waals surface area contributed by atoms with Crippen molar-refractivity contribution in [3.05, 3.63) is 0 Å². The smallest absolute Gasteiger partial charge is 0.410 e. The molecule has 0 aliphatic carbocycles. The quantitative estimate of drug-likeness (QED) is 0.712. The standard InChI is InChI=1S/C9H17NO3/c1-7(2)9(3,6-11)10-4-5-13-8(10)12/h7,11H,4-6H2,1-3H3. The molecule has 0 spiro atoms. The summed E-state index contributed by atoms with van der Waals surface area (Å²) in [7, 11) is 0. The molecule has 1 unspecified atom stereocenters. The Balaban J connectivity index is 2.81. The molecule has 0 bridgehead atoms. The number of cyclic esters (lactones) is 1. The number of aliphatic hydroxyl groups is 1. The van der Waals surface area contributed by atoms with Crippen LogP contribution in [-0.2, 0) is 4.74 Å².